The number of benzene rings is 4. The Hall–Kier alpha value is -3.73. The van der Waals surface area contributed by atoms with Crippen molar-refractivity contribution in [3.8, 4) is 11.1 Å². The molecular formula is C48H62O3Si. The van der Waals surface area contributed by atoms with Gasteiger partial charge in [0.2, 0.25) is 0 Å². The second-order valence-corrected chi connectivity index (χ2v) is 20.3. The van der Waals surface area contributed by atoms with Gasteiger partial charge in [-0.05, 0) is 100 Å². The Labute approximate surface area is 316 Å². The lowest BCUT2D eigenvalue weighted by atomic mass is 9.77. The van der Waals surface area contributed by atoms with Gasteiger partial charge in [-0.3, -0.25) is 0 Å². The summed E-state index contributed by atoms with van der Waals surface area (Å²) in [5.41, 5.74) is 7.12. The number of hydrogen-bond donors (Lipinski definition) is 0. The molecule has 4 aromatic carbocycles. The Morgan fingerprint density at radius 3 is 2.00 bits per heavy atom. The Balaban J connectivity index is 1.13. The van der Waals surface area contributed by atoms with Crippen LogP contribution in [0, 0.1) is 5.92 Å². The Bertz CT molecular complexity index is 1660. The molecule has 1 saturated carbocycles. The second kappa shape index (κ2) is 18.8. The fraction of sp³-hybridized carbons (Fsp3) is 0.438. The fourth-order valence-electron chi connectivity index (χ4n) is 8.34. The number of unbranched alkanes of at least 4 members (excludes halogenated alkanes) is 2. The molecule has 276 valence electrons. The number of esters is 1. The van der Waals surface area contributed by atoms with Crippen molar-refractivity contribution in [1.82, 2.24) is 0 Å². The van der Waals surface area contributed by atoms with Crippen LogP contribution in [-0.2, 0) is 26.8 Å². The highest BCUT2D eigenvalue weighted by Gasteiger charge is 2.50. The molecule has 0 saturated heterocycles. The molecule has 0 amide bonds. The van der Waals surface area contributed by atoms with Crippen LogP contribution in [0.15, 0.2) is 115 Å². The minimum atomic E-state index is -2.77. The molecule has 0 aromatic heterocycles. The molecule has 0 radical (unpaired) electrons. The SMILES string of the molecule is C=C(CO[Si](c1ccccc1)(c1ccccc1)C(C)(C)C)C(=O)OCCCc1ccc(-c2ccc(C3CCC(CCCCC)CC3)cc2)c(CC)c1. The van der Waals surface area contributed by atoms with Gasteiger partial charge in [-0.1, -0.05) is 170 Å². The summed E-state index contributed by atoms with van der Waals surface area (Å²) in [4.78, 5) is 13.1. The Kier molecular flexibility index (Phi) is 14.3. The van der Waals surface area contributed by atoms with Gasteiger partial charge >= 0.3 is 5.97 Å². The fourth-order valence-corrected chi connectivity index (χ4v) is 12.9. The third-order valence-corrected chi connectivity index (χ3v) is 16.3. The van der Waals surface area contributed by atoms with Gasteiger partial charge in [0.25, 0.3) is 8.32 Å². The summed E-state index contributed by atoms with van der Waals surface area (Å²) in [5, 5.41) is 2.17. The first-order chi connectivity index (χ1) is 25.2. The van der Waals surface area contributed by atoms with Crippen molar-refractivity contribution in [3.05, 3.63) is 132 Å². The van der Waals surface area contributed by atoms with Gasteiger partial charge in [-0.15, -0.1) is 0 Å². The lowest BCUT2D eigenvalue weighted by molar-refractivity contribution is -0.139. The van der Waals surface area contributed by atoms with E-state index in [-0.39, 0.29) is 17.6 Å². The summed E-state index contributed by atoms with van der Waals surface area (Å²) in [6.45, 7) is 15.8. The lowest BCUT2D eigenvalue weighted by Gasteiger charge is -2.43. The molecule has 3 nitrogen and oxygen atoms in total. The number of rotatable bonds is 17. The zero-order chi connectivity index (χ0) is 37.0. The molecule has 52 heavy (non-hydrogen) atoms. The van der Waals surface area contributed by atoms with Crippen LogP contribution in [-0.4, -0.2) is 27.5 Å². The predicted octanol–water partition coefficient (Wildman–Crippen LogP) is 11.4. The molecule has 5 rings (SSSR count). The van der Waals surface area contributed by atoms with E-state index in [0.717, 1.165) is 25.2 Å². The van der Waals surface area contributed by atoms with Crippen molar-refractivity contribution >= 4 is 24.7 Å². The van der Waals surface area contributed by atoms with Crippen LogP contribution in [0.2, 0.25) is 5.04 Å². The number of aryl methyl sites for hydroxylation is 2. The first-order valence-electron chi connectivity index (χ1n) is 20.0. The van der Waals surface area contributed by atoms with E-state index >= 15 is 0 Å². The number of carbonyl (C=O) groups excluding carboxylic acids is 1. The molecule has 0 bridgehead atoms. The molecule has 1 aliphatic rings. The molecule has 0 heterocycles. The van der Waals surface area contributed by atoms with Crippen LogP contribution in [0.3, 0.4) is 0 Å². The zero-order valence-electron chi connectivity index (χ0n) is 32.6. The average molecular weight is 715 g/mol. The number of hydrogen-bond acceptors (Lipinski definition) is 3. The molecular weight excluding hydrogens is 653 g/mol. The van der Waals surface area contributed by atoms with Crippen LogP contribution in [0.25, 0.3) is 11.1 Å². The lowest BCUT2D eigenvalue weighted by Crippen LogP contribution is -2.66. The van der Waals surface area contributed by atoms with Crippen molar-refractivity contribution in [2.75, 3.05) is 13.2 Å². The first-order valence-corrected chi connectivity index (χ1v) is 21.9. The molecule has 4 aromatic rings. The van der Waals surface area contributed by atoms with Gasteiger partial charge in [0.1, 0.15) is 0 Å². The highest BCUT2D eigenvalue weighted by Crippen LogP contribution is 2.39. The van der Waals surface area contributed by atoms with E-state index in [1.807, 2.05) is 12.1 Å². The standard InChI is InChI=1S/C48H62O3Si/c1-7-9-12-18-38-24-27-41(28-25-38)42-29-31-43(32-30-42)46-33-26-39(35-40(46)8-2)19-17-34-50-47(49)37(3)36-51-52(48(4,5)6,44-20-13-10-14-21-44)45-22-15-11-16-23-45/h10-11,13-16,20-23,26,29-33,35,38,41H,3,7-9,12,17-19,24-25,27-28,34,36H2,1-2,4-6H3. The van der Waals surface area contributed by atoms with Crippen molar-refractivity contribution in [2.45, 2.75) is 116 Å². The average Bonchev–Trinajstić information content (AvgIpc) is 3.17. The van der Waals surface area contributed by atoms with E-state index < -0.39 is 8.32 Å². The quantitative estimate of drug-likeness (QED) is 0.0473. The van der Waals surface area contributed by atoms with Crippen LogP contribution in [0.1, 0.15) is 115 Å². The van der Waals surface area contributed by atoms with Gasteiger partial charge in [0.15, 0.2) is 0 Å². The van der Waals surface area contributed by atoms with E-state index in [9.17, 15) is 4.79 Å². The maximum absolute atomic E-state index is 13.1. The van der Waals surface area contributed by atoms with Crippen LogP contribution in [0.5, 0.6) is 0 Å². The summed E-state index contributed by atoms with van der Waals surface area (Å²) in [5.74, 6) is 1.27. The summed E-state index contributed by atoms with van der Waals surface area (Å²) in [7, 11) is -2.77. The van der Waals surface area contributed by atoms with Crippen molar-refractivity contribution in [1.29, 1.82) is 0 Å². The van der Waals surface area contributed by atoms with Gasteiger partial charge < -0.3 is 9.16 Å². The van der Waals surface area contributed by atoms with E-state index in [4.69, 9.17) is 9.16 Å². The number of carbonyl (C=O) groups is 1. The van der Waals surface area contributed by atoms with E-state index in [1.165, 1.54) is 89.6 Å². The Morgan fingerprint density at radius 1 is 0.788 bits per heavy atom. The van der Waals surface area contributed by atoms with Crippen molar-refractivity contribution in [2.24, 2.45) is 5.92 Å². The molecule has 0 spiro atoms. The molecule has 4 heteroatoms. The summed E-state index contributed by atoms with van der Waals surface area (Å²) >= 11 is 0. The topological polar surface area (TPSA) is 35.5 Å². The third kappa shape index (κ3) is 9.82. The van der Waals surface area contributed by atoms with Crippen molar-refractivity contribution in [3.63, 3.8) is 0 Å². The molecule has 1 fully saturated rings. The maximum Gasteiger partial charge on any atom is 0.335 e. The van der Waals surface area contributed by atoms with E-state index in [1.54, 1.807) is 0 Å². The van der Waals surface area contributed by atoms with Crippen LogP contribution in [0.4, 0.5) is 0 Å². The molecule has 0 atom stereocenters. The molecule has 0 N–H and O–H groups in total. The van der Waals surface area contributed by atoms with Gasteiger partial charge in [-0.2, -0.15) is 0 Å². The highest BCUT2D eigenvalue weighted by molar-refractivity contribution is 6.99. The normalized spacial score (nSPS) is 16.4. The molecule has 1 aliphatic carbocycles. The predicted molar refractivity (Wildman–Crippen MR) is 222 cm³/mol. The Morgan fingerprint density at radius 2 is 1.42 bits per heavy atom. The minimum absolute atomic E-state index is 0.134. The third-order valence-electron chi connectivity index (χ3n) is 11.3. The number of ether oxygens (including phenoxy) is 1. The largest absolute Gasteiger partial charge is 0.462 e. The monoisotopic (exact) mass is 714 g/mol. The molecule has 0 aliphatic heterocycles. The summed E-state index contributed by atoms with van der Waals surface area (Å²) in [6, 6.07) is 37.2. The first kappa shape index (κ1) is 39.5. The van der Waals surface area contributed by atoms with Gasteiger partial charge in [-0.25, -0.2) is 4.79 Å². The van der Waals surface area contributed by atoms with Crippen molar-refractivity contribution < 1.29 is 14.0 Å². The van der Waals surface area contributed by atoms with E-state index in [2.05, 4.69) is 132 Å². The smallest absolute Gasteiger partial charge is 0.335 e. The minimum Gasteiger partial charge on any atom is -0.462 e. The summed E-state index contributed by atoms with van der Waals surface area (Å²) < 4.78 is 12.6. The van der Waals surface area contributed by atoms with E-state index in [0.29, 0.717) is 18.1 Å². The van der Waals surface area contributed by atoms with Crippen LogP contribution >= 0.6 is 0 Å². The van der Waals surface area contributed by atoms with Gasteiger partial charge in [0.05, 0.1) is 18.8 Å². The highest BCUT2D eigenvalue weighted by atomic mass is 28.4. The summed E-state index contributed by atoms with van der Waals surface area (Å²) in [6.07, 6.45) is 13.6. The maximum atomic E-state index is 13.1. The van der Waals surface area contributed by atoms with Gasteiger partial charge in [0, 0.05) is 0 Å². The second-order valence-electron chi connectivity index (χ2n) is 16.0. The molecule has 0 unspecified atom stereocenters. The zero-order valence-corrected chi connectivity index (χ0v) is 33.6. The van der Waals surface area contributed by atoms with Crippen LogP contribution < -0.4 is 10.4 Å².